The summed E-state index contributed by atoms with van der Waals surface area (Å²) in [6.07, 6.45) is 1.82. The average molecular weight is 567 g/mol. The van der Waals surface area contributed by atoms with Gasteiger partial charge in [-0.2, -0.15) is 0 Å². The SMILES string of the molecule is O=C(O)Cc1c[nH]c2ccccc12.c1ccc([CH2][Sn]([CH2]c2ccccc2)[CH2]c2ccccc2)cc1. The van der Waals surface area contributed by atoms with Gasteiger partial charge in [0.25, 0.3) is 0 Å². The maximum atomic E-state index is 10.5. The van der Waals surface area contributed by atoms with Crippen LogP contribution in [-0.4, -0.2) is 35.8 Å². The van der Waals surface area contributed by atoms with Crippen LogP contribution in [0.25, 0.3) is 10.9 Å². The van der Waals surface area contributed by atoms with Crippen LogP contribution in [0.4, 0.5) is 0 Å². The molecule has 5 aromatic rings. The number of rotatable bonds is 8. The second-order valence-electron chi connectivity index (χ2n) is 8.67. The first-order chi connectivity index (χ1) is 17.2. The molecule has 0 unspecified atom stereocenters. The third kappa shape index (κ3) is 7.86. The van der Waals surface area contributed by atoms with E-state index < -0.39 is 25.7 Å². The number of hydrogen-bond donors (Lipinski definition) is 2. The number of aliphatic carboxylic acids is 1. The minimum atomic E-state index is -1.56. The zero-order chi connectivity index (χ0) is 24.3. The van der Waals surface area contributed by atoms with Crippen LogP contribution in [0, 0.1) is 0 Å². The molecule has 0 aliphatic heterocycles. The van der Waals surface area contributed by atoms with Crippen molar-refractivity contribution in [3.63, 3.8) is 0 Å². The van der Waals surface area contributed by atoms with Gasteiger partial charge >= 0.3 is 147 Å². The minimum absolute atomic E-state index is 0.0734. The Morgan fingerprint density at radius 1 is 0.629 bits per heavy atom. The van der Waals surface area contributed by atoms with E-state index in [0.29, 0.717) is 0 Å². The Hall–Kier alpha value is -3.31. The molecule has 175 valence electrons. The van der Waals surface area contributed by atoms with Crippen LogP contribution in [0.2, 0.25) is 0 Å². The molecule has 0 bridgehead atoms. The summed E-state index contributed by atoms with van der Waals surface area (Å²) in [6.45, 7) is 0. The van der Waals surface area contributed by atoms with Gasteiger partial charge in [-0.15, -0.1) is 0 Å². The number of aromatic amines is 1. The van der Waals surface area contributed by atoms with E-state index in [-0.39, 0.29) is 6.42 Å². The monoisotopic (exact) mass is 568 g/mol. The van der Waals surface area contributed by atoms with E-state index in [9.17, 15) is 4.79 Å². The molecule has 0 fully saturated rings. The number of para-hydroxylation sites is 1. The van der Waals surface area contributed by atoms with Crippen molar-refractivity contribution in [3.8, 4) is 0 Å². The molecule has 1 heterocycles. The summed E-state index contributed by atoms with van der Waals surface area (Å²) in [4.78, 5) is 13.5. The molecule has 0 saturated heterocycles. The molecule has 0 atom stereocenters. The van der Waals surface area contributed by atoms with E-state index in [0.717, 1.165) is 16.5 Å². The van der Waals surface area contributed by atoms with Gasteiger partial charge in [-0.1, -0.05) is 18.2 Å². The average Bonchev–Trinajstić information content (AvgIpc) is 3.28. The van der Waals surface area contributed by atoms with Crippen molar-refractivity contribution in [2.75, 3.05) is 0 Å². The van der Waals surface area contributed by atoms with Gasteiger partial charge in [-0.25, -0.2) is 0 Å². The van der Waals surface area contributed by atoms with E-state index in [1.165, 1.54) is 30.0 Å². The number of carboxylic acids is 1. The molecule has 35 heavy (non-hydrogen) atoms. The molecular weight excluding hydrogens is 537 g/mol. The Morgan fingerprint density at radius 3 is 1.51 bits per heavy atom. The summed E-state index contributed by atoms with van der Waals surface area (Å²) >= 11 is -1.56. The van der Waals surface area contributed by atoms with Gasteiger partial charge < -0.3 is 10.1 Å². The Morgan fingerprint density at radius 2 is 1.06 bits per heavy atom. The number of carboxylic acid groups (broad SMARTS) is 1. The molecule has 4 heteroatoms. The number of nitrogens with one attached hydrogen (secondary N) is 1. The Kier molecular flexibility index (Phi) is 9.18. The third-order valence-electron chi connectivity index (χ3n) is 5.91. The fourth-order valence-electron chi connectivity index (χ4n) is 4.28. The van der Waals surface area contributed by atoms with Crippen molar-refractivity contribution in [3.05, 3.63) is 144 Å². The second kappa shape index (κ2) is 13.0. The van der Waals surface area contributed by atoms with Gasteiger partial charge in [0.2, 0.25) is 0 Å². The van der Waals surface area contributed by atoms with Gasteiger partial charge in [0.1, 0.15) is 0 Å². The first-order valence-electron chi connectivity index (χ1n) is 11.9. The van der Waals surface area contributed by atoms with Crippen LogP contribution in [0.1, 0.15) is 22.3 Å². The predicted molar refractivity (Wildman–Crippen MR) is 146 cm³/mol. The van der Waals surface area contributed by atoms with Gasteiger partial charge in [-0.3, -0.25) is 4.79 Å². The van der Waals surface area contributed by atoms with Crippen LogP contribution in [0.3, 0.4) is 0 Å². The number of hydrogen-bond acceptors (Lipinski definition) is 1. The van der Waals surface area contributed by atoms with Gasteiger partial charge in [0.05, 0.1) is 6.42 Å². The molecule has 0 aliphatic carbocycles. The van der Waals surface area contributed by atoms with Crippen molar-refractivity contribution in [2.24, 2.45) is 0 Å². The Balaban J connectivity index is 0.000000189. The second-order valence-corrected chi connectivity index (χ2v) is 16.0. The van der Waals surface area contributed by atoms with E-state index in [1.54, 1.807) is 6.20 Å². The van der Waals surface area contributed by atoms with E-state index in [1.807, 2.05) is 24.3 Å². The summed E-state index contributed by atoms with van der Waals surface area (Å²) in [5.74, 6) is -0.801. The van der Waals surface area contributed by atoms with E-state index in [2.05, 4.69) is 96.0 Å². The molecule has 0 amide bonds. The van der Waals surface area contributed by atoms with Gasteiger partial charge in [0.15, 0.2) is 0 Å². The molecule has 1 radical (unpaired) electrons. The van der Waals surface area contributed by atoms with E-state index in [4.69, 9.17) is 5.11 Å². The van der Waals surface area contributed by atoms with Crippen molar-refractivity contribution in [1.29, 1.82) is 0 Å². The zero-order valence-electron chi connectivity index (χ0n) is 19.7. The number of carbonyl (C=O) groups is 1. The molecule has 2 N–H and O–H groups in total. The van der Waals surface area contributed by atoms with Crippen LogP contribution < -0.4 is 0 Å². The number of H-pyrrole nitrogens is 1. The molecule has 0 saturated carbocycles. The maximum absolute atomic E-state index is 10.5. The fourth-order valence-corrected chi connectivity index (χ4v) is 12.3. The van der Waals surface area contributed by atoms with Gasteiger partial charge in [-0.05, 0) is 11.6 Å². The van der Waals surface area contributed by atoms with Crippen molar-refractivity contribution in [2.45, 2.75) is 19.7 Å². The molecule has 0 spiro atoms. The topological polar surface area (TPSA) is 53.1 Å². The predicted octanol–water partition coefficient (Wildman–Crippen LogP) is 6.62. The first-order valence-corrected chi connectivity index (χ1v) is 17.9. The van der Waals surface area contributed by atoms with Gasteiger partial charge in [0, 0.05) is 17.1 Å². The number of benzene rings is 4. The summed E-state index contributed by atoms with van der Waals surface area (Å²) in [6, 6.07) is 40.7. The van der Waals surface area contributed by atoms with Crippen LogP contribution in [0.15, 0.2) is 121 Å². The molecule has 0 aliphatic rings. The van der Waals surface area contributed by atoms with Crippen molar-refractivity contribution in [1.82, 2.24) is 4.98 Å². The van der Waals surface area contributed by atoms with Crippen molar-refractivity contribution >= 4 is 36.6 Å². The van der Waals surface area contributed by atoms with Crippen LogP contribution >= 0.6 is 0 Å². The zero-order valence-corrected chi connectivity index (χ0v) is 22.6. The number of aromatic nitrogens is 1. The Labute approximate surface area is 214 Å². The van der Waals surface area contributed by atoms with Crippen LogP contribution in [0.5, 0.6) is 0 Å². The quantitative estimate of drug-likeness (QED) is 0.207. The van der Waals surface area contributed by atoms with Crippen LogP contribution in [-0.2, 0) is 24.5 Å². The number of fused-ring (bicyclic) bond motifs is 1. The molecule has 4 aromatic carbocycles. The van der Waals surface area contributed by atoms with Crippen molar-refractivity contribution < 1.29 is 9.90 Å². The Bertz CT molecular complexity index is 1220. The molecule has 5 rings (SSSR count). The summed E-state index contributed by atoms with van der Waals surface area (Å²) < 4.78 is 3.98. The summed E-state index contributed by atoms with van der Waals surface area (Å²) in [7, 11) is 0. The fraction of sp³-hybridized carbons (Fsp3) is 0.129. The normalized spacial score (nSPS) is 10.7. The molecule has 1 aromatic heterocycles. The third-order valence-corrected chi connectivity index (χ3v) is 13.7. The summed E-state index contributed by atoms with van der Waals surface area (Å²) in [5.41, 5.74) is 6.37. The molecular formula is C31H30NO2Sn. The summed E-state index contributed by atoms with van der Waals surface area (Å²) in [5, 5.41) is 9.62. The first kappa shape index (κ1) is 24.8. The van der Waals surface area contributed by atoms with E-state index >= 15 is 0 Å². The molecule has 3 nitrogen and oxygen atoms in total. The standard InChI is InChI=1S/C10H9NO2.3C7H7.Sn/c12-10(13)5-7-6-11-9-4-2-1-3-8(7)9;3*1-7-5-3-2-4-6-7;/h1-4,6,11H,5H2,(H,12,13);3*2-6H,1H2;.